The standard InChI is InChI=1S/C12H16F2O9/c13-5-11(21,1-7(15)16)3-9(19)23-10(20)4-12(22,6-14)2-8(17)18/h21-22H,1-6H2,(H,15,16)(H,17,18). The molecule has 0 spiro atoms. The number of rotatable bonds is 10. The maximum absolute atomic E-state index is 12.6. The molecule has 0 aliphatic heterocycles. The Hall–Kier alpha value is -2.14. The summed E-state index contributed by atoms with van der Waals surface area (Å²) in [4.78, 5) is 43.6. The maximum atomic E-state index is 12.6. The number of carboxylic acids is 2. The summed E-state index contributed by atoms with van der Waals surface area (Å²) in [6, 6.07) is 0. The minimum absolute atomic E-state index is 1.12. The normalized spacial score (nSPS) is 16.0. The van der Waals surface area contributed by atoms with Crippen LogP contribution >= 0.6 is 0 Å². The third kappa shape index (κ3) is 8.16. The van der Waals surface area contributed by atoms with Gasteiger partial charge in [0.1, 0.15) is 24.6 Å². The second-order valence-corrected chi connectivity index (χ2v) is 5.06. The number of hydrogen-bond acceptors (Lipinski definition) is 7. The lowest BCUT2D eigenvalue weighted by Crippen LogP contribution is -2.40. The molecule has 0 aromatic carbocycles. The van der Waals surface area contributed by atoms with Crippen molar-refractivity contribution in [3.63, 3.8) is 0 Å². The van der Waals surface area contributed by atoms with Gasteiger partial charge in [0.15, 0.2) is 0 Å². The molecule has 2 atom stereocenters. The van der Waals surface area contributed by atoms with Crippen LogP contribution in [0.4, 0.5) is 8.78 Å². The third-order valence-electron chi connectivity index (χ3n) is 2.63. The molecule has 23 heavy (non-hydrogen) atoms. The highest BCUT2D eigenvalue weighted by molar-refractivity contribution is 5.87. The first-order valence-electron chi connectivity index (χ1n) is 6.19. The largest absolute Gasteiger partial charge is 0.481 e. The number of alkyl halides is 2. The van der Waals surface area contributed by atoms with Crippen LogP contribution < -0.4 is 0 Å². The van der Waals surface area contributed by atoms with Crippen LogP contribution in [0.25, 0.3) is 0 Å². The molecule has 0 aromatic heterocycles. The molecule has 0 saturated heterocycles. The highest BCUT2D eigenvalue weighted by Crippen LogP contribution is 2.20. The van der Waals surface area contributed by atoms with Gasteiger partial charge in [-0.25, -0.2) is 8.78 Å². The Morgan fingerprint density at radius 3 is 1.26 bits per heavy atom. The van der Waals surface area contributed by atoms with Crippen molar-refractivity contribution in [1.29, 1.82) is 0 Å². The summed E-state index contributed by atoms with van der Waals surface area (Å²) < 4.78 is 29.3. The first kappa shape index (κ1) is 20.9. The summed E-state index contributed by atoms with van der Waals surface area (Å²) in [6.45, 7) is -3.20. The number of carbonyl (C=O) groups excluding carboxylic acids is 2. The Kier molecular flexibility index (Phi) is 7.69. The van der Waals surface area contributed by atoms with E-state index in [0.29, 0.717) is 0 Å². The Morgan fingerprint density at radius 2 is 1.04 bits per heavy atom. The average molecular weight is 342 g/mol. The molecule has 0 bridgehead atoms. The molecule has 0 aromatic rings. The molecule has 2 unspecified atom stereocenters. The van der Waals surface area contributed by atoms with E-state index in [-0.39, 0.29) is 0 Å². The third-order valence-corrected chi connectivity index (χ3v) is 2.63. The van der Waals surface area contributed by atoms with E-state index in [1.54, 1.807) is 0 Å². The smallest absolute Gasteiger partial charge is 0.316 e. The van der Waals surface area contributed by atoms with E-state index in [1.165, 1.54) is 0 Å². The predicted molar refractivity (Wildman–Crippen MR) is 66.7 cm³/mol. The number of ether oxygens (including phenoxy) is 1. The topological polar surface area (TPSA) is 158 Å². The van der Waals surface area contributed by atoms with Gasteiger partial charge in [-0.15, -0.1) is 0 Å². The van der Waals surface area contributed by atoms with Gasteiger partial charge in [0, 0.05) is 0 Å². The second kappa shape index (κ2) is 8.48. The summed E-state index contributed by atoms with van der Waals surface area (Å²) in [5.41, 5.74) is -5.17. The van der Waals surface area contributed by atoms with Gasteiger partial charge in [0.05, 0.1) is 25.7 Å². The van der Waals surface area contributed by atoms with Gasteiger partial charge in [-0.05, 0) is 0 Å². The lowest BCUT2D eigenvalue weighted by atomic mass is 9.96. The highest BCUT2D eigenvalue weighted by atomic mass is 19.1. The van der Waals surface area contributed by atoms with Crippen LogP contribution in [0.15, 0.2) is 0 Å². The number of aliphatic hydroxyl groups is 2. The molecule has 0 amide bonds. The molecule has 132 valence electrons. The van der Waals surface area contributed by atoms with Gasteiger partial charge in [0.25, 0.3) is 0 Å². The van der Waals surface area contributed by atoms with Crippen LogP contribution in [0.3, 0.4) is 0 Å². The van der Waals surface area contributed by atoms with Crippen LogP contribution in [0.1, 0.15) is 25.7 Å². The zero-order valence-corrected chi connectivity index (χ0v) is 11.8. The van der Waals surface area contributed by atoms with Gasteiger partial charge in [0.2, 0.25) is 0 Å². The van der Waals surface area contributed by atoms with Gasteiger partial charge < -0.3 is 25.2 Å². The quantitative estimate of drug-likeness (QED) is 0.294. The fourth-order valence-electron chi connectivity index (χ4n) is 1.61. The molecule has 0 aliphatic rings. The summed E-state index contributed by atoms with van der Waals surface area (Å²) in [7, 11) is 0. The van der Waals surface area contributed by atoms with Crippen LogP contribution in [-0.2, 0) is 23.9 Å². The fraction of sp³-hybridized carbons (Fsp3) is 0.667. The molecule has 0 heterocycles. The number of aliphatic carboxylic acids is 2. The van der Waals surface area contributed by atoms with Crippen molar-refractivity contribution in [2.24, 2.45) is 0 Å². The maximum Gasteiger partial charge on any atom is 0.316 e. The zero-order chi connectivity index (χ0) is 18.3. The number of halogens is 2. The van der Waals surface area contributed by atoms with E-state index < -0.39 is 74.1 Å². The summed E-state index contributed by atoms with van der Waals surface area (Å²) in [5, 5.41) is 36.0. The van der Waals surface area contributed by atoms with Crippen LogP contribution in [0, 0.1) is 0 Å². The van der Waals surface area contributed by atoms with E-state index in [9.17, 15) is 38.2 Å². The first-order chi connectivity index (χ1) is 10.4. The summed E-state index contributed by atoms with van der Waals surface area (Å²) >= 11 is 0. The lowest BCUT2D eigenvalue weighted by Gasteiger charge is -2.23. The minimum Gasteiger partial charge on any atom is -0.481 e. The SMILES string of the molecule is O=C(O)CC(O)(CF)CC(=O)OC(=O)CC(O)(CF)CC(=O)O. The number of carboxylic acid groups (broad SMARTS) is 2. The minimum atomic E-state index is -2.58. The number of carbonyl (C=O) groups is 4. The molecule has 11 heteroatoms. The van der Waals surface area contributed by atoms with Crippen LogP contribution in [-0.4, -0.2) is 68.9 Å². The predicted octanol–water partition coefficient (Wildman–Crippen LogP) is -0.813. The van der Waals surface area contributed by atoms with Crippen molar-refractivity contribution in [1.82, 2.24) is 0 Å². The second-order valence-electron chi connectivity index (χ2n) is 5.06. The van der Waals surface area contributed by atoms with E-state index in [2.05, 4.69) is 4.74 Å². The molecule has 0 radical (unpaired) electrons. The zero-order valence-electron chi connectivity index (χ0n) is 11.8. The van der Waals surface area contributed by atoms with Crippen molar-refractivity contribution < 1.29 is 53.1 Å². The van der Waals surface area contributed by atoms with Gasteiger partial charge in [-0.2, -0.15) is 0 Å². The molecule has 0 aliphatic carbocycles. The number of esters is 2. The first-order valence-corrected chi connectivity index (χ1v) is 6.19. The van der Waals surface area contributed by atoms with Gasteiger partial charge >= 0.3 is 23.9 Å². The van der Waals surface area contributed by atoms with Crippen molar-refractivity contribution in [2.45, 2.75) is 36.9 Å². The fourth-order valence-corrected chi connectivity index (χ4v) is 1.61. The lowest BCUT2D eigenvalue weighted by molar-refractivity contribution is -0.167. The molecule has 0 saturated carbocycles. The average Bonchev–Trinajstić information content (AvgIpc) is 2.35. The molecular weight excluding hydrogens is 326 g/mol. The Labute approximate surface area is 128 Å². The number of hydrogen-bond donors (Lipinski definition) is 4. The molecule has 4 N–H and O–H groups in total. The Bertz CT molecular complexity index is 439. The van der Waals surface area contributed by atoms with Crippen molar-refractivity contribution in [2.75, 3.05) is 13.3 Å². The molecule has 9 nitrogen and oxygen atoms in total. The van der Waals surface area contributed by atoms with Crippen molar-refractivity contribution in [3.05, 3.63) is 0 Å². The Balaban J connectivity index is 4.68. The van der Waals surface area contributed by atoms with Crippen molar-refractivity contribution in [3.8, 4) is 0 Å². The molecule has 0 fully saturated rings. The Morgan fingerprint density at radius 1 is 0.739 bits per heavy atom. The molecule has 0 rings (SSSR count). The van der Waals surface area contributed by atoms with Gasteiger partial charge in [-0.1, -0.05) is 0 Å². The van der Waals surface area contributed by atoms with E-state index in [4.69, 9.17) is 10.2 Å². The van der Waals surface area contributed by atoms with Crippen LogP contribution in [0.2, 0.25) is 0 Å². The van der Waals surface area contributed by atoms with Gasteiger partial charge in [-0.3, -0.25) is 19.2 Å². The monoisotopic (exact) mass is 342 g/mol. The molecular formula is C12H16F2O9. The van der Waals surface area contributed by atoms with E-state index >= 15 is 0 Å². The van der Waals surface area contributed by atoms with Crippen molar-refractivity contribution >= 4 is 23.9 Å². The summed E-state index contributed by atoms with van der Waals surface area (Å²) in [5.74, 6) is -6.21. The van der Waals surface area contributed by atoms with E-state index in [0.717, 1.165) is 0 Å². The summed E-state index contributed by atoms with van der Waals surface area (Å²) in [6.07, 6.45) is -4.59. The van der Waals surface area contributed by atoms with Crippen LogP contribution in [0.5, 0.6) is 0 Å². The van der Waals surface area contributed by atoms with E-state index in [1.807, 2.05) is 0 Å². The highest BCUT2D eigenvalue weighted by Gasteiger charge is 2.37.